The number of anilines is 1. The number of nitrogens with two attached hydrogens (primary N) is 1. The molecule has 0 radical (unpaired) electrons. The van der Waals surface area contributed by atoms with Gasteiger partial charge in [0.2, 0.25) is 5.82 Å². The van der Waals surface area contributed by atoms with E-state index in [0.717, 1.165) is 17.9 Å². The molecule has 144 valence electrons. The summed E-state index contributed by atoms with van der Waals surface area (Å²) in [6.45, 7) is 4.92. The number of benzene rings is 1. The quantitative estimate of drug-likeness (QED) is 0.268. The first-order valence-corrected chi connectivity index (χ1v) is 8.77. The first-order chi connectivity index (χ1) is 12.7. The summed E-state index contributed by atoms with van der Waals surface area (Å²) in [6, 6.07) is 11.9. The van der Waals surface area contributed by atoms with Crippen molar-refractivity contribution in [2.45, 2.75) is 32.6 Å². The van der Waals surface area contributed by atoms with Crippen LogP contribution in [0.1, 0.15) is 37.6 Å². The molecule has 0 saturated carbocycles. The Hall–Kier alpha value is -2.36. The maximum Gasteiger partial charge on any atom is 0.216 e. The van der Waals surface area contributed by atoms with E-state index in [1.54, 1.807) is 12.3 Å². The van der Waals surface area contributed by atoms with Crippen molar-refractivity contribution in [3.63, 3.8) is 0 Å². The van der Waals surface area contributed by atoms with E-state index in [-0.39, 0.29) is 24.0 Å². The van der Waals surface area contributed by atoms with Gasteiger partial charge in [-0.05, 0) is 42.2 Å². The number of aromatic nitrogens is 3. The fourth-order valence-corrected chi connectivity index (χ4v) is 2.52. The van der Waals surface area contributed by atoms with Crippen LogP contribution in [0, 0.1) is 0 Å². The first kappa shape index (κ1) is 20.9. The standard InChI is InChI=1S/C19H24N6O.HI/c1-3-13(2)14-6-8-15(9-7-14)22-19(20)21-11-10-17-23-18(25-24-17)16-5-4-12-26-16;/h4-9,12-13H,3,10-11H2,1-2H3,(H3,20,21,22)(H,23,24,25);1H. The van der Waals surface area contributed by atoms with Gasteiger partial charge >= 0.3 is 0 Å². The lowest BCUT2D eigenvalue weighted by Gasteiger charge is -2.10. The van der Waals surface area contributed by atoms with Gasteiger partial charge in [0.1, 0.15) is 5.82 Å². The SMILES string of the molecule is CCC(C)c1ccc(NC(N)=NCCc2nc(-c3ccco3)n[nH]2)cc1.I. The van der Waals surface area contributed by atoms with E-state index in [4.69, 9.17) is 10.2 Å². The Bertz CT molecular complexity index is 841. The van der Waals surface area contributed by atoms with E-state index in [1.807, 2.05) is 18.2 Å². The maximum atomic E-state index is 5.95. The molecule has 0 fully saturated rings. The monoisotopic (exact) mass is 480 g/mol. The van der Waals surface area contributed by atoms with Crippen LogP contribution in [0.25, 0.3) is 11.6 Å². The third-order valence-corrected chi connectivity index (χ3v) is 4.27. The van der Waals surface area contributed by atoms with E-state index in [0.29, 0.717) is 36.4 Å². The minimum absolute atomic E-state index is 0. The number of H-pyrrole nitrogens is 1. The molecule has 3 rings (SSSR count). The number of halogens is 1. The third kappa shape index (κ3) is 5.81. The van der Waals surface area contributed by atoms with Gasteiger partial charge < -0.3 is 15.5 Å². The molecule has 0 bridgehead atoms. The highest BCUT2D eigenvalue weighted by atomic mass is 127. The van der Waals surface area contributed by atoms with E-state index < -0.39 is 0 Å². The van der Waals surface area contributed by atoms with E-state index in [1.165, 1.54) is 5.56 Å². The van der Waals surface area contributed by atoms with Crippen molar-refractivity contribution in [2.75, 3.05) is 11.9 Å². The van der Waals surface area contributed by atoms with Crippen molar-refractivity contribution in [1.29, 1.82) is 0 Å². The Morgan fingerprint density at radius 1 is 1.30 bits per heavy atom. The molecular formula is C19H25IN6O. The molecule has 2 aromatic heterocycles. The number of nitrogens with one attached hydrogen (secondary N) is 2. The van der Waals surface area contributed by atoms with Gasteiger partial charge in [-0.15, -0.1) is 24.0 Å². The molecule has 0 aliphatic carbocycles. The van der Waals surface area contributed by atoms with Crippen LogP contribution in [0.15, 0.2) is 52.1 Å². The molecule has 27 heavy (non-hydrogen) atoms. The molecule has 2 heterocycles. The minimum atomic E-state index is 0. The van der Waals surface area contributed by atoms with Crippen molar-refractivity contribution in [1.82, 2.24) is 15.2 Å². The second kappa shape index (κ2) is 10.1. The molecule has 0 aliphatic rings. The Morgan fingerprint density at radius 2 is 2.07 bits per heavy atom. The number of aliphatic imine (C=N–C) groups is 1. The summed E-state index contributed by atoms with van der Waals surface area (Å²) in [6.07, 6.45) is 3.33. The van der Waals surface area contributed by atoms with Crippen LogP contribution >= 0.6 is 24.0 Å². The Morgan fingerprint density at radius 3 is 2.74 bits per heavy atom. The summed E-state index contributed by atoms with van der Waals surface area (Å²) in [7, 11) is 0. The van der Waals surface area contributed by atoms with Crippen molar-refractivity contribution in [3.8, 4) is 11.6 Å². The maximum absolute atomic E-state index is 5.95. The van der Waals surface area contributed by atoms with Gasteiger partial charge in [-0.3, -0.25) is 10.1 Å². The molecule has 0 spiro atoms. The number of rotatable bonds is 7. The smallest absolute Gasteiger partial charge is 0.216 e. The van der Waals surface area contributed by atoms with Crippen molar-refractivity contribution < 1.29 is 4.42 Å². The third-order valence-electron chi connectivity index (χ3n) is 4.27. The average molecular weight is 480 g/mol. The number of furan rings is 1. The molecule has 3 aromatic rings. The summed E-state index contributed by atoms with van der Waals surface area (Å²) in [5, 5.41) is 10.1. The normalized spacial score (nSPS) is 12.4. The van der Waals surface area contributed by atoms with Gasteiger partial charge in [-0.25, -0.2) is 4.98 Å². The summed E-state index contributed by atoms with van der Waals surface area (Å²) in [4.78, 5) is 8.71. The van der Waals surface area contributed by atoms with Crippen molar-refractivity contribution in [2.24, 2.45) is 10.7 Å². The van der Waals surface area contributed by atoms with Crippen LogP contribution in [0.5, 0.6) is 0 Å². The van der Waals surface area contributed by atoms with Crippen LogP contribution in [-0.2, 0) is 6.42 Å². The molecule has 4 N–H and O–H groups in total. The van der Waals surface area contributed by atoms with Crippen LogP contribution in [0.2, 0.25) is 0 Å². The molecule has 8 heteroatoms. The van der Waals surface area contributed by atoms with Gasteiger partial charge in [-0.2, -0.15) is 5.10 Å². The zero-order valence-electron chi connectivity index (χ0n) is 15.5. The van der Waals surface area contributed by atoms with E-state index in [9.17, 15) is 0 Å². The summed E-state index contributed by atoms with van der Waals surface area (Å²) in [5.74, 6) is 2.86. The van der Waals surface area contributed by atoms with E-state index in [2.05, 4.69) is 51.5 Å². The Balaban J connectivity index is 0.00000261. The lowest BCUT2D eigenvalue weighted by Crippen LogP contribution is -2.23. The van der Waals surface area contributed by atoms with Crippen molar-refractivity contribution in [3.05, 3.63) is 54.0 Å². The number of nitrogens with zero attached hydrogens (tertiary/aromatic N) is 3. The number of hydrogen-bond acceptors (Lipinski definition) is 4. The Labute approximate surface area is 175 Å². The van der Waals surface area contributed by atoms with E-state index >= 15 is 0 Å². The highest BCUT2D eigenvalue weighted by molar-refractivity contribution is 14.0. The topological polar surface area (TPSA) is 105 Å². The average Bonchev–Trinajstić information content (AvgIpc) is 3.33. The molecule has 0 saturated heterocycles. The first-order valence-electron chi connectivity index (χ1n) is 8.77. The van der Waals surface area contributed by atoms with Gasteiger partial charge in [0.05, 0.1) is 6.26 Å². The Kier molecular flexibility index (Phi) is 7.83. The lowest BCUT2D eigenvalue weighted by atomic mass is 9.99. The molecule has 7 nitrogen and oxygen atoms in total. The van der Waals surface area contributed by atoms with Crippen LogP contribution in [0.4, 0.5) is 5.69 Å². The fourth-order valence-electron chi connectivity index (χ4n) is 2.52. The molecule has 0 aliphatic heterocycles. The van der Waals surface area contributed by atoms with Crippen molar-refractivity contribution >= 4 is 35.6 Å². The van der Waals surface area contributed by atoms with Gasteiger partial charge in [0.25, 0.3) is 0 Å². The zero-order valence-corrected chi connectivity index (χ0v) is 17.8. The molecular weight excluding hydrogens is 455 g/mol. The summed E-state index contributed by atoms with van der Waals surface area (Å²) < 4.78 is 5.27. The molecule has 0 amide bonds. The van der Waals surface area contributed by atoms with Gasteiger partial charge in [0.15, 0.2) is 11.7 Å². The largest absolute Gasteiger partial charge is 0.461 e. The second-order valence-corrected chi connectivity index (χ2v) is 6.16. The minimum Gasteiger partial charge on any atom is -0.461 e. The summed E-state index contributed by atoms with van der Waals surface area (Å²) >= 11 is 0. The number of hydrogen-bond donors (Lipinski definition) is 3. The molecule has 1 aromatic carbocycles. The highest BCUT2D eigenvalue weighted by Gasteiger charge is 2.08. The lowest BCUT2D eigenvalue weighted by molar-refractivity contribution is 0.577. The van der Waals surface area contributed by atoms with Gasteiger partial charge in [0, 0.05) is 18.7 Å². The molecule has 1 unspecified atom stereocenters. The van der Waals surface area contributed by atoms with Gasteiger partial charge in [-0.1, -0.05) is 26.0 Å². The summed E-state index contributed by atoms with van der Waals surface area (Å²) in [5.41, 5.74) is 8.21. The fraction of sp³-hybridized carbons (Fsp3) is 0.316. The number of guanidine groups is 1. The predicted molar refractivity (Wildman–Crippen MR) is 118 cm³/mol. The predicted octanol–water partition coefficient (Wildman–Crippen LogP) is 4.17. The number of aromatic amines is 1. The van der Waals surface area contributed by atoms with Crippen LogP contribution < -0.4 is 11.1 Å². The van der Waals surface area contributed by atoms with Crippen LogP contribution in [-0.4, -0.2) is 27.7 Å². The zero-order chi connectivity index (χ0) is 18.4. The second-order valence-electron chi connectivity index (χ2n) is 6.16. The van der Waals surface area contributed by atoms with Crippen LogP contribution in [0.3, 0.4) is 0 Å². The highest BCUT2D eigenvalue weighted by Crippen LogP contribution is 2.20. The molecule has 1 atom stereocenters.